The molecule has 2 aromatic carbocycles. The second kappa shape index (κ2) is 8.96. The predicted octanol–water partition coefficient (Wildman–Crippen LogP) is 2.19. The van der Waals surface area contributed by atoms with Gasteiger partial charge in [-0.15, -0.1) is 0 Å². The fourth-order valence-corrected chi connectivity index (χ4v) is 3.03. The first-order chi connectivity index (χ1) is 14.0. The van der Waals surface area contributed by atoms with Crippen LogP contribution < -0.4 is 10.6 Å². The molecule has 3 aromatic rings. The largest absolute Gasteiger partial charge is 0.355 e. The van der Waals surface area contributed by atoms with E-state index in [2.05, 4.69) is 20.2 Å². The maximum Gasteiger partial charge on any atom is 0.270 e. The van der Waals surface area contributed by atoms with Crippen LogP contribution in [0.3, 0.4) is 0 Å². The molecule has 0 saturated carbocycles. The summed E-state index contributed by atoms with van der Waals surface area (Å²) < 4.78 is 2.10. The first-order valence-electron chi connectivity index (χ1n) is 9.17. The van der Waals surface area contributed by atoms with E-state index in [1.807, 2.05) is 31.2 Å². The van der Waals surface area contributed by atoms with Gasteiger partial charge < -0.3 is 15.2 Å². The zero-order valence-electron chi connectivity index (χ0n) is 15.9. The SMILES string of the molecule is Cc1nc2ccccc2n1CCCNC(=O)CNC(=O)c1cccc([N+](=O)[O-])c1. The molecule has 0 aliphatic carbocycles. The molecule has 150 valence electrons. The van der Waals surface area contributed by atoms with Gasteiger partial charge in [-0.1, -0.05) is 18.2 Å². The molecular formula is C20H21N5O4. The lowest BCUT2D eigenvalue weighted by Crippen LogP contribution is -2.37. The van der Waals surface area contributed by atoms with Crippen molar-refractivity contribution in [2.75, 3.05) is 13.1 Å². The summed E-state index contributed by atoms with van der Waals surface area (Å²) in [5.74, 6) is 0.0575. The van der Waals surface area contributed by atoms with Gasteiger partial charge in [-0.05, 0) is 31.5 Å². The highest BCUT2D eigenvalue weighted by atomic mass is 16.6. The van der Waals surface area contributed by atoms with Gasteiger partial charge in [0.2, 0.25) is 5.91 Å². The molecule has 0 atom stereocenters. The van der Waals surface area contributed by atoms with Crippen molar-refractivity contribution in [1.29, 1.82) is 0 Å². The molecular weight excluding hydrogens is 374 g/mol. The van der Waals surface area contributed by atoms with Crippen molar-refractivity contribution in [1.82, 2.24) is 20.2 Å². The fourth-order valence-electron chi connectivity index (χ4n) is 3.03. The summed E-state index contributed by atoms with van der Waals surface area (Å²) in [7, 11) is 0. The van der Waals surface area contributed by atoms with Crippen LogP contribution in [0.15, 0.2) is 48.5 Å². The maximum absolute atomic E-state index is 12.0. The number of nitrogens with one attached hydrogen (secondary N) is 2. The molecule has 0 radical (unpaired) electrons. The van der Waals surface area contributed by atoms with Crippen LogP contribution in [0.4, 0.5) is 5.69 Å². The molecule has 0 saturated heterocycles. The van der Waals surface area contributed by atoms with E-state index in [4.69, 9.17) is 0 Å². The Hall–Kier alpha value is -3.75. The lowest BCUT2D eigenvalue weighted by atomic mass is 10.2. The highest BCUT2D eigenvalue weighted by Gasteiger charge is 2.12. The Morgan fingerprint density at radius 2 is 1.93 bits per heavy atom. The van der Waals surface area contributed by atoms with Crippen LogP contribution in [0.1, 0.15) is 22.6 Å². The quantitative estimate of drug-likeness (QED) is 0.344. The van der Waals surface area contributed by atoms with E-state index in [0.29, 0.717) is 19.5 Å². The lowest BCUT2D eigenvalue weighted by Gasteiger charge is -2.09. The number of nitro benzene ring substituents is 1. The van der Waals surface area contributed by atoms with Gasteiger partial charge >= 0.3 is 0 Å². The minimum atomic E-state index is -0.575. The van der Waals surface area contributed by atoms with Crippen LogP contribution in [0.2, 0.25) is 0 Å². The number of amides is 2. The predicted molar refractivity (Wildman–Crippen MR) is 108 cm³/mol. The number of non-ortho nitro benzene ring substituents is 1. The molecule has 2 amide bonds. The van der Waals surface area contributed by atoms with Gasteiger partial charge in [0.05, 0.1) is 22.5 Å². The third-order valence-corrected chi connectivity index (χ3v) is 4.45. The number of hydrogen-bond acceptors (Lipinski definition) is 5. The molecule has 29 heavy (non-hydrogen) atoms. The lowest BCUT2D eigenvalue weighted by molar-refractivity contribution is -0.384. The van der Waals surface area contributed by atoms with Crippen LogP contribution in [-0.2, 0) is 11.3 Å². The number of imidazole rings is 1. The number of fused-ring (bicyclic) bond motifs is 1. The van der Waals surface area contributed by atoms with Crippen molar-refractivity contribution in [3.05, 3.63) is 70.0 Å². The molecule has 0 aliphatic heterocycles. The molecule has 0 unspecified atom stereocenters. The van der Waals surface area contributed by atoms with Crippen molar-refractivity contribution in [2.45, 2.75) is 19.9 Å². The first-order valence-corrected chi connectivity index (χ1v) is 9.17. The average molecular weight is 395 g/mol. The fraction of sp³-hybridized carbons (Fsp3) is 0.250. The minimum absolute atomic E-state index is 0.134. The normalized spacial score (nSPS) is 10.7. The van der Waals surface area contributed by atoms with Gasteiger partial charge in [0.15, 0.2) is 0 Å². The number of aryl methyl sites for hydroxylation is 2. The molecule has 9 nitrogen and oxygen atoms in total. The Bertz CT molecular complexity index is 1060. The monoisotopic (exact) mass is 395 g/mol. The summed E-state index contributed by atoms with van der Waals surface area (Å²) in [5.41, 5.74) is 1.96. The van der Waals surface area contributed by atoms with Crippen LogP contribution in [-0.4, -0.2) is 39.4 Å². The second-order valence-corrected chi connectivity index (χ2v) is 6.49. The van der Waals surface area contributed by atoms with Crippen molar-refractivity contribution >= 4 is 28.5 Å². The Labute approximate surface area is 166 Å². The van der Waals surface area contributed by atoms with Crippen molar-refractivity contribution in [3.8, 4) is 0 Å². The van der Waals surface area contributed by atoms with Gasteiger partial charge in [-0.2, -0.15) is 0 Å². The first kappa shape index (κ1) is 20.0. The Morgan fingerprint density at radius 1 is 1.14 bits per heavy atom. The van der Waals surface area contributed by atoms with E-state index >= 15 is 0 Å². The van der Waals surface area contributed by atoms with E-state index in [9.17, 15) is 19.7 Å². The van der Waals surface area contributed by atoms with Crippen LogP contribution in [0, 0.1) is 17.0 Å². The summed E-state index contributed by atoms with van der Waals surface area (Å²) in [6, 6.07) is 13.2. The van der Waals surface area contributed by atoms with Crippen LogP contribution in [0.25, 0.3) is 11.0 Å². The maximum atomic E-state index is 12.0. The van der Waals surface area contributed by atoms with Gasteiger partial charge in [0.25, 0.3) is 11.6 Å². The standard InChI is InChI=1S/C20H21N5O4/c1-14-23-17-8-2-3-9-18(17)24(14)11-5-10-21-19(26)13-22-20(27)15-6-4-7-16(12-15)25(28)29/h2-4,6-9,12H,5,10-11,13H2,1H3,(H,21,26)(H,22,27). The Kier molecular flexibility index (Phi) is 6.18. The number of nitro groups is 1. The average Bonchev–Trinajstić information content (AvgIpc) is 3.04. The third kappa shape index (κ3) is 4.95. The summed E-state index contributed by atoms with van der Waals surface area (Å²) in [6.07, 6.45) is 0.714. The zero-order chi connectivity index (χ0) is 20.8. The number of carbonyl (C=O) groups is 2. The van der Waals surface area contributed by atoms with Gasteiger partial charge in [0.1, 0.15) is 5.82 Å². The molecule has 9 heteroatoms. The van der Waals surface area contributed by atoms with Crippen LogP contribution in [0.5, 0.6) is 0 Å². The summed E-state index contributed by atoms with van der Waals surface area (Å²) in [5, 5.41) is 16.0. The summed E-state index contributed by atoms with van der Waals surface area (Å²) in [4.78, 5) is 38.7. The smallest absolute Gasteiger partial charge is 0.270 e. The van der Waals surface area contributed by atoms with Crippen molar-refractivity contribution in [2.24, 2.45) is 0 Å². The molecule has 1 heterocycles. The summed E-state index contributed by atoms with van der Waals surface area (Å²) >= 11 is 0. The van der Waals surface area contributed by atoms with E-state index in [1.165, 1.54) is 24.3 Å². The molecule has 2 N–H and O–H groups in total. The number of aromatic nitrogens is 2. The Balaban J connectivity index is 1.43. The minimum Gasteiger partial charge on any atom is -0.355 e. The summed E-state index contributed by atoms with van der Waals surface area (Å²) in [6.45, 7) is 2.92. The second-order valence-electron chi connectivity index (χ2n) is 6.49. The van der Waals surface area contributed by atoms with Crippen molar-refractivity contribution < 1.29 is 14.5 Å². The van der Waals surface area contributed by atoms with Gasteiger partial charge in [-0.25, -0.2) is 4.98 Å². The van der Waals surface area contributed by atoms with E-state index in [-0.39, 0.29) is 23.7 Å². The highest BCUT2D eigenvalue weighted by molar-refractivity contribution is 5.96. The highest BCUT2D eigenvalue weighted by Crippen LogP contribution is 2.15. The van der Waals surface area contributed by atoms with Crippen LogP contribution >= 0.6 is 0 Å². The molecule has 0 aliphatic rings. The number of carbonyl (C=O) groups excluding carboxylic acids is 2. The number of rotatable bonds is 8. The molecule has 0 spiro atoms. The molecule has 1 aromatic heterocycles. The van der Waals surface area contributed by atoms with Gasteiger partial charge in [-0.3, -0.25) is 19.7 Å². The van der Waals surface area contributed by atoms with Gasteiger partial charge in [0, 0.05) is 30.8 Å². The molecule has 0 fully saturated rings. The number of nitrogens with zero attached hydrogens (tertiary/aromatic N) is 3. The van der Waals surface area contributed by atoms with E-state index in [1.54, 1.807) is 0 Å². The number of benzene rings is 2. The van der Waals surface area contributed by atoms with Crippen molar-refractivity contribution in [3.63, 3.8) is 0 Å². The number of hydrogen-bond donors (Lipinski definition) is 2. The zero-order valence-corrected chi connectivity index (χ0v) is 15.9. The third-order valence-electron chi connectivity index (χ3n) is 4.45. The molecule has 3 rings (SSSR count). The molecule has 0 bridgehead atoms. The number of para-hydroxylation sites is 2. The van der Waals surface area contributed by atoms with E-state index in [0.717, 1.165) is 16.9 Å². The topological polar surface area (TPSA) is 119 Å². The van der Waals surface area contributed by atoms with E-state index < -0.39 is 10.8 Å². The Morgan fingerprint density at radius 3 is 2.72 bits per heavy atom.